The molecule has 4 atom stereocenters. The Morgan fingerprint density at radius 2 is 1.62 bits per heavy atom. The molecule has 1 aliphatic heterocycles. The highest BCUT2D eigenvalue weighted by molar-refractivity contribution is 5.94. The molecule has 0 saturated carbocycles. The van der Waals surface area contributed by atoms with Gasteiger partial charge in [0.15, 0.2) is 0 Å². The third kappa shape index (κ3) is 9.94. The van der Waals surface area contributed by atoms with Crippen LogP contribution in [0.2, 0.25) is 0 Å². The Hall–Kier alpha value is -4.11. The molecule has 1 aromatic carbocycles. The van der Waals surface area contributed by atoms with Crippen molar-refractivity contribution in [3.05, 3.63) is 58.6 Å². The lowest BCUT2D eigenvalue weighted by Crippen LogP contribution is -2.45. The highest BCUT2D eigenvalue weighted by Gasteiger charge is 2.63. The van der Waals surface area contributed by atoms with E-state index in [9.17, 15) is 19.2 Å². The average molecular weight is 639 g/mol. The van der Waals surface area contributed by atoms with Gasteiger partial charge < -0.3 is 29.0 Å². The van der Waals surface area contributed by atoms with Crippen LogP contribution >= 0.6 is 0 Å². The van der Waals surface area contributed by atoms with Crippen LogP contribution in [0, 0.1) is 0 Å². The van der Waals surface area contributed by atoms with Gasteiger partial charge >= 0.3 is 23.9 Å². The molecule has 13 nitrogen and oxygen atoms in total. The van der Waals surface area contributed by atoms with E-state index in [0.29, 0.717) is 11.0 Å². The van der Waals surface area contributed by atoms with Crippen molar-refractivity contribution in [3.63, 3.8) is 0 Å². The summed E-state index contributed by atoms with van der Waals surface area (Å²) in [5, 5.41) is 2.55. The Morgan fingerprint density at radius 1 is 1.02 bits per heavy atom. The van der Waals surface area contributed by atoms with Crippen LogP contribution in [0.25, 0.3) is 0 Å². The van der Waals surface area contributed by atoms with Crippen molar-refractivity contribution in [2.24, 2.45) is 0 Å². The van der Waals surface area contributed by atoms with Gasteiger partial charge in [0.05, 0.1) is 6.04 Å². The molecule has 2 heterocycles. The summed E-state index contributed by atoms with van der Waals surface area (Å²) >= 11 is 0. The molecular weight excluding hydrogens is 598 g/mol. The summed E-state index contributed by atoms with van der Waals surface area (Å²) < 4.78 is 57.5. The van der Waals surface area contributed by atoms with Gasteiger partial charge in [-0.15, -0.1) is 0 Å². The first-order chi connectivity index (χ1) is 20.8. The molecule has 1 N–H and O–H groups in total. The summed E-state index contributed by atoms with van der Waals surface area (Å²) in [6.45, 7) is 8.46. The van der Waals surface area contributed by atoms with E-state index in [4.69, 9.17) is 23.7 Å². The zero-order valence-electron chi connectivity index (χ0n) is 26.5. The first-order valence-electron chi connectivity index (χ1n) is 14.2. The molecule has 1 aliphatic rings. The molecule has 0 spiro atoms. The lowest BCUT2D eigenvalue weighted by Gasteiger charge is -2.26. The molecule has 0 bridgehead atoms. The molecule has 0 unspecified atom stereocenters. The van der Waals surface area contributed by atoms with E-state index in [1.54, 1.807) is 39.8 Å². The molecule has 45 heavy (non-hydrogen) atoms. The molecule has 1 aromatic heterocycles. The predicted octanol–water partition coefficient (Wildman–Crippen LogP) is 4.16. The lowest BCUT2D eigenvalue weighted by molar-refractivity contribution is -0.149. The SMILES string of the molecule is CN(C)[C@@H](Cc1ccccc1)C(=O)Nc1ccn([C@@H]2O[C@H](COC(=O)OC(C)(C)C)[C@@H](OC(=O)OC(C)(C)C)C2(F)F)c(=O)n1. The summed E-state index contributed by atoms with van der Waals surface area (Å²) in [7, 11) is 3.44. The normalized spacial score (nSPS) is 20.3. The van der Waals surface area contributed by atoms with Crippen LogP contribution in [0.1, 0.15) is 53.3 Å². The predicted molar refractivity (Wildman–Crippen MR) is 157 cm³/mol. The Bertz CT molecular complexity index is 1400. The molecule has 1 saturated heterocycles. The van der Waals surface area contributed by atoms with Crippen LogP contribution in [0.4, 0.5) is 24.2 Å². The second-order valence-electron chi connectivity index (χ2n) is 12.6. The van der Waals surface area contributed by atoms with Crippen LogP contribution in [-0.2, 0) is 34.9 Å². The van der Waals surface area contributed by atoms with Crippen molar-refractivity contribution in [3.8, 4) is 0 Å². The molecule has 3 rings (SSSR count). The number of hydrogen-bond donors (Lipinski definition) is 1. The van der Waals surface area contributed by atoms with Crippen LogP contribution < -0.4 is 11.0 Å². The Morgan fingerprint density at radius 3 is 2.18 bits per heavy atom. The number of rotatable bonds is 9. The summed E-state index contributed by atoms with van der Waals surface area (Å²) in [6, 6.07) is 9.82. The fourth-order valence-electron chi connectivity index (χ4n) is 4.27. The smallest absolute Gasteiger partial charge is 0.431 e. The number of likely N-dealkylation sites (N-methyl/N-ethyl adjacent to an activating group) is 1. The van der Waals surface area contributed by atoms with Gasteiger partial charge in [-0.25, -0.2) is 14.4 Å². The average Bonchev–Trinajstić information content (AvgIpc) is 3.13. The second kappa shape index (κ2) is 13.9. The number of halogens is 2. The third-order valence-corrected chi connectivity index (χ3v) is 6.25. The zero-order chi connectivity index (χ0) is 33.7. The van der Waals surface area contributed by atoms with Crippen LogP contribution in [0.3, 0.4) is 0 Å². The first kappa shape index (κ1) is 35.4. The van der Waals surface area contributed by atoms with Gasteiger partial charge in [0, 0.05) is 6.20 Å². The first-order valence-corrected chi connectivity index (χ1v) is 14.2. The molecule has 15 heteroatoms. The summed E-state index contributed by atoms with van der Waals surface area (Å²) in [6.07, 6.45) is -7.64. The van der Waals surface area contributed by atoms with Gasteiger partial charge in [-0.3, -0.25) is 14.3 Å². The molecule has 248 valence electrons. The molecular formula is C30H40F2N4O9. The number of anilines is 1. The van der Waals surface area contributed by atoms with E-state index in [0.717, 1.165) is 17.8 Å². The third-order valence-electron chi connectivity index (χ3n) is 6.25. The van der Waals surface area contributed by atoms with Crippen molar-refractivity contribution in [2.75, 3.05) is 26.0 Å². The second-order valence-corrected chi connectivity index (χ2v) is 12.6. The van der Waals surface area contributed by atoms with Crippen molar-refractivity contribution in [1.29, 1.82) is 0 Å². The quantitative estimate of drug-likeness (QED) is 0.395. The lowest BCUT2D eigenvalue weighted by atomic mass is 10.0. The molecule has 2 aromatic rings. The minimum absolute atomic E-state index is 0.172. The molecule has 1 fully saturated rings. The standard InChI is InChI=1S/C30H40F2N4O9/c1-28(2,3)44-26(39)41-17-20-22(43-27(40)45-29(4,5)6)30(31,32)24(42-20)36-15-14-21(34-25(36)38)33-23(37)19(35(7)8)16-18-12-10-9-11-13-18/h9-15,19-20,22,24H,16-17H2,1-8H3,(H,33,34,37,38)/t19-,20+,22+,24+/m0/s1. The molecule has 0 radical (unpaired) electrons. The van der Waals surface area contributed by atoms with Crippen LogP contribution in [0.15, 0.2) is 47.4 Å². The number of amides is 1. The number of carbonyl (C=O) groups is 3. The number of benzene rings is 1. The summed E-state index contributed by atoms with van der Waals surface area (Å²) in [5.74, 6) is -4.67. The van der Waals surface area contributed by atoms with E-state index >= 15 is 8.78 Å². The minimum Gasteiger partial charge on any atom is -0.431 e. The highest BCUT2D eigenvalue weighted by Crippen LogP contribution is 2.44. The van der Waals surface area contributed by atoms with Gasteiger partial charge in [0.25, 0.3) is 0 Å². The number of aromatic nitrogens is 2. The van der Waals surface area contributed by atoms with Crippen molar-refractivity contribution >= 4 is 24.0 Å². The molecule has 1 amide bonds. The maximum Gasteiger partial charge on any atom is 0.509 e. The van der Waals surface area contributed by atoms with E-state index in [2.05, 4.69) is 10.3 Å². The Labute approximate surface area is 259 Å². The van der Waals surface area contributed by atoms with E-state index in [-0.39, 0.29) is 5.82 Å². The van der Waals surface area contributed by atoms with Crippen molar-refractivity contribution < 1.29 is 46.8 Å². The van der Waals surface area contributed by atoms with E-state index in [1.165, 1.54) is 20.8 Å². The van der Waals surface area contributed by atoms with Crippen molar-refractivity contribution in [2.45, 2.75) is 89.6 Å². The largest absolute Gasteiger partial charge is 0.509 e. The summed E-state index contributed by atoms with van der Waals surface area (Å²) in [5.41, 5.74) is -2.28. The van der Waals surface area contributed by atoms with Gasteiger partial charge in [-0.05, 0) is 73.7 Å². The highest BCUT2D eigenvalue weighted by atomic mass is 19.3. The van der Waals surface area contributed by atoms with Gasteiger partial charge in [-0.1, -0.05) is 30.3 Å². The van der Waals surface area contributed by atoms with E-state index in [1.807, 2.05) is 30.3 Å². The number of nitrogens with zero attached hydrogens (tertiary/aromatic N) is 3. The Balaban J connectivity index is 1.83. The maximum absolute atomic E-state index is 15.8. The number of ether oxygens (including phenoxy) is 5. The Kier molecular flexibility index (Phi) is 10.9. The van der Waals surface area contributed by atoms with Gasteiger partial charge in [-0.2, -0.15) is 13.8 Å². The minimum atomic E-state index is -4.03. The van der Waals surface area contributed by atoms with Crippen molar-refractivity contribution in [1.82, 2.24) is 14.5 Å². The van der Waals surface area contributed by atoms with Gasteiger partial charge in [0.1, 0.15) is 29.7 Å². The zero-order valence-corrected chi connectivity index (χ0v) is 26.5. The summed E-state index contributed by atoms with van der Waals surface area (Å²) in [4.78, 5) is 55.9. The molecule has 0 aliphatic carbocycles. The fraction of sp³-hybridized carbons (Fsp3) is 0.567. The van der Waals surface area contributed by atoms with Crippen LogP contribution in [-0.4, -0.2) is 88.7 Å². The monoisotopic (exact) mass is 638 g/mol. The van der Waals surface area contributed by atoms with Gasteiger partial charge in [0.2, 0.25) is 18.2 Å². The number of alkyl halides is 2. The number of hydrogen-bond acceptors (Lipinski definition) is 11. The topological polar surface area (TPSA) is 148 Å². The number of nitrogens with one attached hydrogen (secondary N) is 1. The van der Waals surface area contributed by atoms with E-state index < -0.39 is 72.1 Å². The number of carbonyl (C=O) groups excluding carboxylic acids is 3. The fourth-order valence-corrected chi connectivity index (χ4v) is 4.27. The maximum atomic E-state index is 15.8. The van der Waals surface area contributed by atoms with Crippen LogP contribution in [0.5, 0.6) is 0 Å².